The van der Waals surface area contributed by atoms with Crippen LogP contribution in [-0.2, 0) is 27.4 Å². The summed E-state index contributed by atoms with van der Waals surface area (Å²) in [6.45, 7) is 3.49. The van der Waals surface area contributed by atoms with E-state index in [-0.39, 0.29) is 13.0 Å². The van der Waals surface area contributed by atoms with Crippen LogP contribution in [0.5, 0.6) is 0 Å². The zero-order chi connectivity index (χ0) is 29.1. The number of halogens is 2. The minimum Gasteiger partial charge on any atom is -0.445 e. The van der Waals surface area contributed by atoms with Gasteiger partial charge in [0, 0.05) is 12.5 Å². The second-order valence-electron chi connectivity index (χ2n) is 10.0. The lowest BCUT2D eigenvalue weighted by molar-refractivity contribution is -0.153. The van der Waals surface area contributed by atoms with E-state index in [9.17, 15) is 14.4 Å². The van der Waals surface area contributed by atoms with Gasteiger partial charge in [-0.15, -0.1) is 0 Å². The van der Waals surface area contributed by atoms with Gasteiger partial charge in [-0.3, -0.25) is 9.59 Å². The van der Waals surface area contributed by atoms with E-state index in [4.69, 9.17) is 10.5 Å². The predicted octanol–water partition coefficient (Wildman–Crippen LogP) is 6.05. The molecule has 0 aliphatic heterocycles. The fourth-order valence-electron chi connectivity index (χ4n) is 4.46. The van der Waals surface area contributed by atoms with Crippen molar-refractivity contribution in [2.75, 3.05) is 0 Å². The van der Waals surface area contributed by atoms with Gasteiger partial charge in [0.2, 0.25) is 5.78 Å². The van der Waals surface area contributed by atoms with Gasteiger partial charge in [-0.1, -0.05) is 111 Å². The summed E-state index contributed by atoms with van der Waals surface area (Å²) in [5.74, 6) is -8.32. The van der Waals surface area contributed by atoms with Crippen molar-refractivity contribution in [1.29, 1.82) is 0 Å². The molecule has 0 saturated heterocycles. The van der Waals surface area contributed by atoms with Crippen LogP contribution in [0.15, 0.2) is 91.0 Å². The molecular weight excluding hydrogens is 514 g/mol. The molecule has 0 radical (unpaired) electrons. The lowest BCUT2D eigenvalue weighted by Crippen LogP contribution is -2.52. The lowest BCUT2D eigenvalue weighted by Gasteiger charge is -2.29. The Hall–Kier alpha value is -3.91. The molecule has 0 heterocycles. The van der Waals surface area contributed by atoms with E-state index < -0.39 is 53.9 Å². The molecule has 0 bridgehead atoms. The molecule has 3 N–H and O–H groups in total. The summed E-state index contributed by atoms with van der Waals surface area (Å²) in [4.78, 5) is 39.9. The van der Waals surface area contributed by atoms with Crippen molar-refractivity contribution in [3.8, 4) is 0 Å². The number of ketones is 2. The fourth-order valence-corrected chi connectivity index (χ4v) is 4.46. The van der Waals surface area contributed by atoms with E-state index in [0.717, 1.165) is 5.56 Å². The van der Waals surface area contributed by atoms with Crippen molar-refractivity contribution in [1.82, 2.24) is 5.32 Å². The number of carbonyl (C=O) groups excluding carboxylic acids is 3. The number of amides is 1. The van der Waals surface area contributed by atoms with Crippen LogP contribution in [0, 0.1) is 11.8 Å². The number of hydrogen-bond donors (Lipinski definition) is 2. The van der Waals surface area contributed by atoms with Crippen LogP contribution in [0.1, 0.15) is 49.4 Å². The number of carbonyl (C=O) groups is 3. The molecule has 0 fully saturated rings. The van der Waals surface area contributed by atoms with Gasteiger partial charge in [-0.05, 0) is 29.0 Å². The van der Waals surface area contributed by atoms with Crippen LogP contribution in [0.2, 0.25) is 0 Å². The average Bonchev–Trinajstić information content (AvgIpc) is 2.97. The van der Waals surface area contributed by atoms with Gasteiger partial charge in [0.1, 0.15) is 6.61 Å². The van der Waals surface area contributed by atoms with Gasteiger partial charge in [-0.25, -0.2) is 4.79 Å². The third kappa shape index (κ3) is 8.55. The number of Topliss-reactive ketones (excluding diaryl/α,β-unsaturated/α-hetero) is 2. The standard InChI is InChI=1S/C32H36F2N2O4/c1-3-22(2)28(36-31(39)40-21-24-15-9-5-10-16-24)29(37)26(19-23-13-7-4-8-14-23)30(38)32(33,34)20-27(35)25-17-11-6-12-18-25/h4-18,22,26-28H,3,19-21,35H2,1-2H3,(H,36,39)/t22-,26-,27?,28-/m0/s1. The van der Waals surface area contributed by atoms with E-state index in [1.165, 1.54) is 0 Å². The molecular formula is C32H36F2N2O4. The second-order valence-corrected chi connectivity index (χ2v) is 10.0. The maximum atomic E-state index is 15.5. The first kappa shape index (κ1) is 30.6. The van der Waals surface area contributed by atoms with E-state index in [1.807, 2.05) is 13.0 Å². The number of ether oxygens (including phenoxy) is 1. The summed E-state index contributed by atoms with van der Waals surface area (Å²) in [6.07, 6.45) is -1.60. The quantitative estimate of drug-likeness (QED) is 0.238. The number of benzene rings is 3. The van der Waals surface area contributed by atoms with Crippen molar-refractivity contribution in [3.63, 3.8) is 0 Å². The molecule has 0 spiro atoms. The number of rotatable bonds is 14. The molecule has 8 heteroatoms. The van der Waals surface area contributed by atoms with E-state index >= 15 is 8.78 Å². The highest BCUT2D eigenvalue weighted by molar-refractivity contribution is 6.08. The highest BCUT2D eigenvalue weighted by atomic mass is 19.3. The Labute approximate surface area is 233 Å². The van der Waals surface area contributed by atoms with Gasteiger partial charge < -0.3 is 15.8 Å². The zero-order valence-corrected chi connectivity index (χ0v) is 22.8. The molecule has 3 rings (SSSR count). The van der Waals surface area contributed by atoms with Gasteiger partial charge in [0.15, 0.2) is 5.78 Å². The molecule has 0 aliphatic rings. The van der Waals surface area contributed by atoms with Gasteiger partial charge in [0.05, 0.1) is 12.0 Å². The van der Waals surface area contributed by atoms with E-state index in [2.05, 4.69) is 5.32 Å². The molecule has 0 aromatic heterocycles. The highest BCUT2D eigenvalue weighted by Crippen LogP contribution is 2.32. The van der Waals surface area contributed by atoms with Gasteiger partial charge >= 0.3 is 12.0 Å². The molecule has 0 aliphatic carbocycles. The minimum atomic E-state index is -3.88. The third-order valence-electron chi connectivity index (χ3n) is 7.01. The molecule has 6 nitrogen and oxygen atoms in total. The SMILES string of the molecule is CC[C@H](C)[C@H](NC(=O)OCc1ccccc1)C(=O)[C@H](Cc1ccccc1)C(=O)C(F)(F)CC(N)c1ccccc1. The number of alkyl carbamates (subject to hydrolysis) is 1. The Kier molecular flexibility index (Phi) is 11.1. The Bertz CT molecular complexity index is 1240. The average molecular weight is 551 g/mol. The molecule has 1 amide bonds. The summed E-state index contributed by atoms with van der Waals surface area (Å²) in [6, 6.07) is 23.5. The lowest BCUT2D eigenvalue weighted by atomic mass is 9.80. The smallest absolute Gasteiger partial charge is 0.408 e. The first-order valence-electron chi connectivity index (χ1n) is 13.4. The van der Waals surface area contributed by atoms with Crippen LogP contribution >= 0.6 is 0 Å². The van der Waals surface area contributed by atoms with Gasteiger partial charge in [-0.2, -0.15) is 8.78 Å². The van der Waals surface area contributed by atoms with Crippen LogP contribution < -0.4 is 11.1 Å². The van der Waals surface area contributed by atoms with Crippen molar-refractivity contribution >= 4 is 17.7 Å². The Morgan fingerprint density at radius 3 is 1.95 bits per heavy atom. The molecule has 4 atom stereocenters. The Balaban J connectivity index is 1.84. The van der Waals surface area contributed by atoms with E-state index in [1.54, 1.807) is 91.9 Å². The maximum absolute atomic E-state index is 15.5. The molecule has 40 heavy (non-hydrogen) atoms. The highest BCUT2D eigenvalue weighted by Gasteiger charge is 2.48. The number of alkyl halides is 2. The molecule has 3 aromatic rings. The molecule has 0 saturated carbocycles. The summed E-state index contributed by atoms with van der Waals surface area (Å²) < 4.78 is 36.3. The topological polar surface area (TPSA) is 98.5 Å². The fraction of sp³-hybridized carbons (Fsp3) is 0.344. The van der Waals surface area contributed by atoms with Crippen LogP contribution in [0.4, 0.5) is 13.6 Å². The molecule has 212 valence electrons. The minimum absolute atomic E-state index is 0.0318. The zero-order valence-electron chi connectivity index (χ0n) is 22.8. The van der Waals surface area contributed by atoms with Crippen LogP contribution in [0.25, 0.3) is 0 Å². The van der Waals surface area contributed by atoms with Crippen molar-refractivity contribution in [2.24, 2.45) is 17.6 Å². The number of nitrogens with two attached hydrogens (primary N) is 1. The van der Waals surface area contributed by atoms with E-state index in [0.29, 0.717) is 17.5 Å². The second kappa shape index (κ2) is 14.5. The molecule has 1 unspecified atom stereocenters. The summed E-state index contributed by atoms with van der Waals surface area (Å²) in [5.41, 5.74) is 7.79. The normalized spacial score (nSPS) is 14.4. The molecule has 3 aromatic carbocycles. The number of nitrogens with one attached hydrogen (secondary N) is 1. The Morgan fingerprint density at radius 2 is 1.40 bits per heavy atom. The monoisotopic (exact) mass is 550 g/mol. The third-order valence-corrected chi connectivity index (χ3v) is 7.01. The first-order chi connectivity index (χ1) is 19.1. The largest absolute Gasteiger partial charge is 0.445 e. The van der Waals surface area contributed by atoms with Crippen LogP contribution in [0.3, 0.4) is 0 Å². The van der Waals surface area contributed by atoms with Crippen LogP contribution in [-0.4, -0.2) is 29.6 Å². The summed E-state index contributed by atoms with van der Waals surface area (Å²) in [5, 5.41) is 2.54. The maximum Gasteiger partial charge on any atom is 0.408 e. The van der Waals surface area contributed by atoms with Crippen molar-refractivity contribution in [2.45, 2.75) is 57.7 Å². The predicted molar refractivity (Wildman–Crippen MR) is 150 cm³/mol. The van der Waals surface area contributed by atoms with Crippen molar-refractivity contribution in [3.05, 3.63) is 108 Å². The first-order valence-corrected chi connectivity index (χ1v) is 13.4. The Morgan fingerprint density at radius 1 is 0.875 bits per heavy atom. The summed E-state index contributed by atoms with van der Waals surface area (Å²) >= 11 is 0. The van der Waals surface area contributed by atoms with Crippen molar-refractivity contribution < 1.29 is 27.9 Å². The number of hydrogen-bond acceptors (Lipinski definition) is 5. The summed E-state index contributed by atoms with van der Waals surface area (Å²) in [7, 11) is 0. The van der Waals surface area contributed by atoms with Gasteiger partial charge in [0.25, 0.3) is 0 Å².